The second-order valence-electron chi connectivity index (χ2n) is 10.5. The lowest BCUT2D eigenvalue weighted by Gasteiger charge is -2.38. The maximum Gasteiger partial charge on any atom is 0.394 e. The highest BCUT2D eigenvalue weighted by Crippen LogP contribution is 2.48. The Bertz CT molecular complexity index is 1640. The van der Waals surface area contributed by atoms with Crippen LogP contribution in [0.3, 0.4) is 0 Å². The molecule has 0 aliphatic heterocycles. The lowest BCUT2D eigenvalue weighted by molar-refractivity contribution is -0.159. The van der Waals surface area contributed by atoms with E-state index in [0.717, 1.165) is 31.2 Å². The number of rotatable bonds is 9. The normalized spacial score (nSPS) is 14.8. The van der Waals surface area contributed by atoms with Gasteiger partial charge in [0.2, 0.25) is 0 Å². The van der Waals surface area contributed by atoms with Crippen LogP contribution >= 0.6 is 11.6 Å². The quantitative estimate of drug-likeness (QED) is 0.278. The lowest BCUT2D eigenvalue weighted by atomic mass is 9.54. The second-order valence-corrected chi connectivity index (χ2v) is 10.9. The van der Waals surface area contributed by atoms with Crippen molar-refractivity contribution in [1.82, 2.24) is 18.7 Å². The zero-order valence-electron chi connectivity index (χ0n) is 21.9. The molecular formula is C27H28BClF2N4O4. The number of hydrogen-bond acceptors (Lipinski definition) is 5. The molecule has 204 valence electrons. The summed E-state index contributed by atoms with van der Waals surface area (Å²) in [5, 5.41) is 0.684. The molecule has 4 aromatic rings. The van der Waals surface area contributed by atoms with Crippen LogP contribution < -0.4 is 20.7 Å². The Morgan fingerprint density at radius 2 is 1.79 bits per heavy atom. The van der Waals surface area contributed by atoms with Gasteiger partial charge in [-0.2, -0.15) is 13.8 Å². The Hall–Kier alpha value is -3.60. The molecule has 0 saturated heterocycles. The minimum Gasteiger partial charge on any atom is -0.433 e. The fraction of sp³-hybridized carbons (Fsp3) is 0.370. The summed E-state index contributed by atoms with van der Waals surface area (Å²) in [5.74, 6) is 0.0762. The van der Waals surface area contributed by atoms with E-state index in [2.05, 4.69) is 17.6 Å². The van der Waals surface area contributed by atoms with Crippen LogP contribution in [0.15, 0.2) is 58.1 Å². The Morgan fingerprint density at radius 1 is 1.10 bits per heavy atom. The van der Waals surface area contributed by atoms with Gasteiger partial charge in [-0.1, -0.05) is 54.4 Å². The highest BCUT2D eigenvalue weighted by Gasteiger charge is 2.32. The Labute approximate surface area is 229 Å². The van der Waals surface area contributed by atoms with Crippen molar-refractivity contribution in [3.63, 3.8) is 0 Å². The third-order valence-electron chi connectivity index (χ3n) is 7.26. The van der Waals surface area contributed by atoms with E-state index >= 15 is 0 Å². The zero-order chi connectivity index (χ0) is 27.9. The topological polar surface area (TPSA) is 80.3 Å². The average Bonchev–Trinajstić information content (AvgIpc) is 3.20. The third-order valence-corrected chi connectivity index (χ3v) is 7.51. The van der Waals surface area contributed by atoms with Gasteiger partial charge in [0.1, 0.15) is 19.3 Å². The summed E-state index contributed by atoms with van der Waals surface area (Å²) in [6.45, 7) is 1.13. The minimum absolute atomic E-state index is 0.0242. The molecule has 1 saturated carbocycles. The predicted molar refractivity (Wildman–Crippen MR) is 147 cm³/mol. The number of alkyl halides is 2. The monoisotopic (exact) mass is 556 g/mol. The first-order valence-corrected chi connectivity index (χ1v) is 13.1. The second kappa shape index (κ2) is 10.2. The smallest absolute Gasteiger partial charge is 0.394 e. The molecule has 39 heavy (non-hydrogen) atoms. The molecule has 5 rings (SSSR count). The molecule has 0 spiro atoms. The SMILES string of the molecule is BC1(CCn2c(=O)c3c(nc(Oc4cccc(OC(C)(F)F)c4)n3Cc3ccc(Cl)cc3)n(C)c2=O)CCC1. The van der Waals surface area contributed by atoms with Crippen LogP contribution in [0.4, 0.5) is 8.78 Å². The number of ether oxygens (including phenoxy) is 2. The summed E-state index contributed by atoms with van der Waals surface area (Å²) in [6.07, 6.45) is 0.643. The number of halogens is 3. The predicted octanol–water partition coefficient (Wildman–Crippen LogP) is 4.75. The van der Waals surface area contributed by atoms with Crippen molar-refractivity contribution >= 4 is 30.6 Å². The molecule has 1 aliphatic carbocycles. The Balaban J connectivity index is 1.61. The minimum atomic E-state index is -3.37. The number of benzene rings is 2. The molecule has 0 unspecified atom stereocenters. The largest absolute Gasteiger partial charge is 0.433 e. The van der Waals surface area contributed by atoms with Crippen LogP contribution in [0, 0.1) is 0 Å². The van der Waals surface area contributed by atoms with Crippen molar-refractivity contribution in [3.8, 4) is 17.5 Å². The van der Waals surface area contributed by atoms with Crippen molar-refractivity contribution in [2.75, 3.05) is 0 Å². The molecular weight excluding hydrogens is 529 g/mol. The Kier molecular flexibility index (Phi) is 7.05. The van der Waals surface area contributed by atoms with Gasteiger partial charge >= 0.3 is 17.8 Å². The molecule has 1 aliphatic rings. The molecule has 8 nitrogen and oxygen atoms in total. The highest BCUT2D eigenvalue weighted by atomic mass is 35.5. The van der Waals surface area contributed by atoms with E-state index in [1.807, 2.05) is 12.1 Å². The van der Waals surface area contributed by atoms with E-state index in [1.165, 1.54) is 27.3 Å². The molecule has 2 aromatic heterocycles. The molecule has 0 amide bonds. The Morgan fingerprint density at radius 3 is 2.44 bits per heavy atom. The average molecular weight is 557 g/mol. The van der Waals surface area contributed by atoms with Crippen molar-refractivity contribution in [2.24, 2.45) is 7.05 Å². The van der Waals surface area contributed by atoms with E-state index in [1.54, 1.807) is 29.8 Å². The molecule has 0 bridgehead atoms. The zero-order valence-corrected chi connectivity index (χ0v) is 22.7. The fourth-order valence-corrected chi connectivity index (χ4v) is 5.00. The number of nitrogens with zero attached hydrogens (tertiary/aromatic N) is 4. The van der Waals surface area contributed by atoms with Gasteiger partial charge in [0, 0.05) is 31.6 Å². The van der Waals surface area contributed by atoms with E-state index in [9.17, 15) is 18.4 Å². The van der Waals surface area contributed by atoms with Crippen molar-refractivity contribution in [1.29, 1.82) is 0 Å². The van der Waals surface area contributed by atoms with Gasteiger partial charge < -0.3 is 9.47 Å². The van der Waals surface area contributed by atoms with Crippen LogP contribution in [0.5, 0.6) is 17.5 Å². The molecule has 1 fully saturated rings. The van der Waals surface area contributed by atoms with Crippen molar-refractivity contribution in [2.45, 2.75) is 57.1 Å². The summed E-state index contributed by atoms with van der Waals surface area (Å²) >= 11 is 6.06. The van der Waals surface area contributed by atoms with E-state index in [0.29, 0.717) is 18.5 Å². The van der Waals surface area contributed by atoms with Crippen molar-refractivity contribution < 1.29 is 18.3 Å². The molecule has 0 atom stereocenters. The number of fused-ring (bicyclic) bond motifs is 1. The standard InChI is InChI=1S/C27H28BClF2N4O4/c1-26(30,31)39-20-6-3-5-19(15-20)38-24-32-22-21(35(24)16-17-7-9-18(29)10-8-17)23(36)34(25(37)33(22)2)14-13-27(28)11-4-12-27/h3,5-10,15H,4,11-14,16,28H2,1-2H3. The summed E-state index contributed by atoms with van der Waals surface area (Å²) < 4.78 is 41.7. The van der Waals surface area contributed by atoms with Gasteiger partial charge in [-0.3, -0.25) is 18.5 Å². The number of hydrogen-bond donors (Lipinski definition) is 0. The van der Waals surface area contributed by atoms with Crippen LogP contribution in [-0.2, 0) is 20.1 Å². The van der Waals surface area contributed by atoms with Gasteiger partial charge in [-0.25, -0.2) is 4.79 Å². The van der Waals surface area contributed by atoms with Gasteiger partial charge in [-0.05, 0) is 36.2 Å². The molecule has 2 heterocycles. The maximum atomic E-state index is 13.8. The summed E-state index contributed by atoms with van der Waals surface area (Å²) in [6, 6.07) is 12.9. The number of imidazole rings is 1. The van der Waals surface area contributed by atoms with E-state index < -0.39 is 17.4 Å². The van der Waals surface area contributed by atoms with E-state index in [4.69, 9.17) is 16.3 Å². The van der Waals surface area contributed by atoms with Crippen LogP contribution in [-0.4, -0.2) is 32.6 Å². The fourth-order valence-electron chi connectivity index (χ4n) is 4.87. The summed E-state index contributed by atoms with van der Waals surface area (Å²) in [7, 11) is 3.74. The summed E-state index contributed by atoms with van der Waals surface area (Å²) in [4.78, 5) is 31.5. The van der Waals surface area contributed by atoms with Crippen molar-refractivity contribution in [3.05, 3.63) is 80.0 Å². The molecule has 12 heteroatoms. The maximum absolute atomic E-state index is 13.8. The first kappa shape index (κ1) is 27.0. The first-order valence-electron chi connectivity index (χ1n) is 12.7. The summed E-state index contributed by atoms with van der Waals surface area (Å²) in [5.41, 5.74) is 0.252. The lowest BCUT2D eigenvalue weighted by Crippen LogP contribution is -2.41. The van der Waals surface area contributed by atoms with E-state index in [-0.39, 0.29) is 40.5 Å². The molecule has 2 aromatic carbocycles. The van der Waals surface area contributed by atoms with Crippen LogP contribution in [0.2, 0.25) is 10.3 Å². The van der Waals surface area contributed by atoms with Gasteiger partial charge in [0.05, 0.1) is 6.54 Å². The highest BCUT2D eigenvalue weighted by molar-refractivity contribution is 6.30. The van der Waals surface area contributed by atoms with Gasteiger partial charge in [0.15, 0.2) is 11.2 Å². The molecule has 0 radical (unpaired) electrons. The van der Waals surface area contributed by atoms with Crippen LogP contribution in [0.1, 0.15) is 38.2 Å². The molecule has 0 N–H and O–H groups in total. The van der Waals surface area contributed by atoms with Gasteiger partial charge in [0.25, 0.3) is 5.56 Å². The third kappa shape index (κ3) is 5.73. The first-order chi connectivity index (χ1) is 18.4. The number of aromatic nitrogens is 4. The van der Waals surface area contributed by atoms with Crippen LogP contribution in [0.25, 0.3) is 11.2 Å². The number of aryl methyl sites for hydroxylation is 1. The van der Waals surface area contributed by atoms with Gasteiger partial charge in [-0.15, -0.1) is 0 Å².